The molecule has 1 atom stereocenters. The van der Waals surface area contributed by atoms with Gasteiger partial charge in [0.15, 0.2) is 5.96 Å². The number of amides is 1. The first kappa shape index (κ1) is 24.7. The highest BCUT2D eigenvalue weighted by Crippen LogP contribution is 2.19. The van der Waals surface area contributed by atoms with Crippen LogP contribution < -0.4 is 11.1 Å². The maximum absolute atomic E-state index is 11.3. The number of hydrogen-bond acceptors (Lipinski definition) is 3. The van der Waals surface area contributed by atoms with Crippen LogP contribution in [0.25, 0.3) is 0 Å². The lowest BCUT2D eigenvalue weighted by Crippen LogP contribution is -2.47. The van der Waals surface area contributed by atoms with Crippen LogP contribution in [0.4, 0.5) is 0 Å². The highest BCUT2D eigenvalue weighted by Gasteiger charge is 2.23. The lowest BCUT2D eigenvalue weighted by Gasteiger charge is -2.34. The Morgan fingerprint density at radius 1 is 1.29 bits per heavy atom. The molecule has 1 amide bonds. The summed E-state index contributed by atoms with van der Waals surface area (Å²) in [5, 5.41) is 3.52. The summed E-state index contributed by atoms with van der Waals surface area (Å²) in [4.78, 5) is 20.4. The van der Waals surface area contributed by atoms with Gasteiger partial charge in [-0.2, -0.15) is 0 Å². The van der Waals surface area contributed by atoms with Gasteiger partial charge in [0.05, 0.1) is 0 Å². The van der Waals surface area contributed by atoms with Crippen molar-refractivity contribution in [2.75, 3.05) is 33.2 Å². The summed E-state index contributed by atoms with van der Waals surface area (Å²) >= 11 is 0. The van der Waals surface area contributed by atoms with Crippen LogP contribution in [-0.4, -0.2) is 54.9 Å². The van der Waals surface area contributed by atoms with Crippen LogP contribution in [0.2, 0.25) is 0 Å². The molecule has 1 unspecified atom stereocenters. The molecule has 28 heavy (non-hydrogen) atoms. The molecule has 1 aromatic carbocycles. The SMILES string of the molecule is CCN(CC)Cc1ccccc1CNC(=NC)N1CCCC(CC(N)=O)C1.I. The van der Waals surface area contributed by atoms with Crippen LogP contribution >= 0.6 is 24.0 Å². The van der Waals surface area contributed by atoms with Crippen LogP contribution in [0.3, 0.4) is 0 Å². The number of benzene rings is 1. The molecule has 158 valence electrons. The van der Waals surface area contributed by atoms with E-state index in [2.05, 4.69) is 58.2 Å². The fourth-order valence-electron chi connectivity index (χ4n) is 3.79. The minimum atomic E-state index is -0.213. The number of carbonyl (C=O) groups is 1. The molecule has 1 heterocycles. The van der Waals surface area contributed by atoms with E-state index in [1.54, 1.807) is 0 Å². The molecule has 0 aromatic heterocycles. The number of halogens is 1. The van der Waals surface area contributed by atoms with Crippen LogP contribution in [-0.2, 0) is 17.9 Å². The van der Waals surface area contributed by atoms with Gasteiger partial charge in [0.25, 0.3) is 0 Å². The van der Waals surface area contributed by atoms with E-state index in [-0.39, 0.29) is 29.9 Å². The van der Waals surface area contributed by atoms with E-state index in [4.69, 9.17) is 5.73 Å². The Kier molecular flexibility index (Phi) is 11.4. The summed E-state index contributed by atoms with van der Waals surface area (Å²) in [7, 11) is 1.82. The molecule has 1 aromatic rings. The van der Waals surface area contributed by atoms with Gasteiger partial charge >= 0.3 is 0 Å². The highest BCUT2D eigenvalue weighted by molar-refractivity contribution is 14.0. The minimum absolute atomic E-state index is 0. The summed E-state index contributed by atoms with van der Waals surface area (Å²) in [6.07, 6.45) is 2.58. The number of likely N-dealkylation sites (tertiary alicyclic amines) is 1. The van der Waals surface area contributed by atoms with Crippen LogP contribution in [0.5, 0.6) is 0 Å². The Bertz CT molecular complexity index is 633. The third kappa shape index (κ3) is 7.58. The third-order valence-electron chi connectivity index (χ3n) is 5.36. The van der Waals surface area contributed by atoms with Crippen molar-refractivity contribution < 1.29 is 4.79 Å². The molecule has 7 heteroatoms. The second-order valence-corrected chi connectivity index (χ2v) is 7.26. The number of nitrogens with one attached hydrogen (secondary N) is 1. The largest absolute Gasteiger partial charge is 0.370 e. The maximum atomic E-state index is 11.3. The van der Waals surface area contributed by atoms with Crippen molar-refractivity contribution in [2.45, 2.75) is 46.2 Å². The lowest BCUT2D eigenvalue weighted by atomic mass is 9.95. The van der Waals surface area contributed by atoms with Gasteiger partial charge in [0.1, 0.15) is 0 Å². The Balaban J connectivity index is 0.00000392. The zero-order valence-electron chi connectivity index (χ0n) is 17.5. The number of nitrogens with zero attached hydrogens (tertiary/aromatic N) is 3. The monoisotopic (exact) mass is 501 g/mol. The van der Waals surface area contributed by atoms with Crippen molar-refractivity contribution in [3.63, 3.8) is 0 Å². The second kappa shape index (κ2) is 13.0. The molecule has 1 aliphatic heterocycles. The van der Waals surface area contributed by atoms with Gasteiger partial charge in [-0.3, -0.25) is 14.7 Å². The number of piperidine rings is 1. The van der Waals surface area contributed by atoms with Gasteiger partial charge < -0.3 is 16.0 Å². The van der Waals surface area contributed by atoms with Crippen molar-refractivity contribution in [2.24, 2.45) is 16.6 Å². The van der Waals surface area contributed by atoms with E-state index < -0.39 is 0 Å². The first-order chi connectivity index (χ1) is 13.1. The molecule has 0 aliphatic carbocycles. The summed E-state index contributed by atoms with van der Waals surface area (Å²) in [5.74, 6) is 1.02. The molecule has 3 N–H and O–H groups in total. The molecule has 2 rings (SSSR count). The number of aliphatic imine (C=N–C) groups is 1. The normalized spacial score (nSPS) is 17.4. The molecule has 0 saturated carbocycles. The number of primary amides is 1. The van der Waals surface area contributed by atoms with E-state index in [1.165, 1.54) is 11.1 Å². The average molecular weight is 501 g/mol. The fourth-order valence-corrected chi connectivity index (χ4v) is 3.79. The van der Waals surface area contributed by atoms with Gasteiger partial charge in [0, 0.05) is 39.6 Å². The molecule has 0 radical (unpaired) electrons. The summed E-state index contributed by atoms with van der Waals surface area (Å²) in [6, 6.07) is 8.60. The third-order valence-corrected chi connectivity index (χ3v) is 5.36. The van der Waals surface area contributed by atoms with Crippen LogP contribution in [0.15, 0.2) is 29.3 Å². The number of carbonyl (C=O) groups excluding carboxylic acids is 1. The fraction of sp³-hybridized carbons (Fsp3) is 0.619. The Labute approximate surface area is 187 Å². The molecular weight excluding hydrogens is 465 g/mol. The molecule has 0 spiro atoms. The number of rotatable bonds is 8. The predicted octanol–water partition coefficient (Wildman–Crippen LogP) is 2.81. The van der Waals surface area contributed by atoms with Crippen molar-refractivity contribution in [3.05, 3.63) is 35.4 Å². The topological polar surface area (TPSA) is 74.0 Å². The Morgan fingerprint density at radius 3 is 2.57 bits per heavy atom. The lowest BCUT2D eigenvalue weighted by molar-refractivity contribution is -0.119. The summed E-state index contributed by atoms with van der Waals surface area (Å²) < 4.78 is 0. The number of hydrogen-bond donors (Lipinski definition) is 2. The van der Waals surface area contributed by atoms with E-state index in [9.17, 15) is 4.79 Å². The zero-order chi connectivity index (χ0) is 19.6. The van der Waals surface area contributed by atoms with Crippen LogP contribution in [0.1, 0.15) is 44.2 Å². The average Bonchev–Trinajstić information content (AvgIpc) is 2.67. The summed E-state index contributed by atoms with van der Waals surface area (Å²) in [5.41, 5.74) is 8.04. The zero-order valence-corrected chi connectivity index (χ0v) is 19.8. The van der Waals surface area contributed by atoms with Gasteiger partial charge in [-0.05, 0) is 43.0 Å². The molecule has 6 nitrogen and oxygen atoms in total. The van der Waals surface area contributed by atoms with Crippen LogP contribution in [0, 0.1) is 5.92 Å². The first-order valence-electron chi connectivity index (χ1n) is 10.1. The van der Waals surface area contributed by atoms with Crippen molar-refractivity contribution in [1.82, 2.24) is 15.1 Å². The van der Waals surface area contributed by atoms with Crippen molar-refractivity contribution in [3.8, 4) is 0 Å². The second-order valence-electron chi connectivity index (χ2n) is 7.26. The van der Waals surface area contributed by atoms with Crippen molar-refractivity contribution >= 4 is 35.8 Å². The number of guanidine groups is 1. The van der Waals surface area contributed by atoms with Gasteiger partial charge in [0.2, 0.25) is 5.91 Å². The predicted molar refractivity (Wildman–Crippen MR) is 127 cm³/mol. The molecular formula is C21H36IN5O. The molecule has 1 fully saturated rings. The molecule has 1 saturated heterocycles. The molecule has 1 aliphatic rings. The minimum Gasteiger partial charge on any atom is -0.370 e. The summed E-state index contributed by atoms with van der Waals surface area (Å²) in [6.45, 7) is 10.0. The van der Waals surface area contributed by atoms with E-state index in [0.717, 1.165) is 58.1 Å². The number of nitrogens with two attached hydrogens (primary N) is 1. The first-order valence-corrected chi connectivity index (χ1v) is 10.1. The molecule has 0 bridgehead atoms. The van der Waals surface area contributed by atoms with Crippen molar-refractivity contribution in [1.29, 1.82) is 0 Å². The quantitative estimate of drug-likeness (QED) is 0.327. The standard InChI is InChI=1S/C21H35N5O.HI/c1-4-25(5-2)16-19-11-7-6-10-18(19)14-24-21(23-3)26-12-8-9-17(15-26)13-20(22)27;/h6-7,10-11,17H,4-5,8-9,12-16H2,1-3H3,(H2,22,27)(H,23,24);1H. The van der Waals surface area contributed by atoms with Gasteiger partial charge in [-0.25, -0.2) is 0 Å². The Hall–Kier alpha value is -1.35. The Morgan fingerprint density at radius 2 is 1.96 bits per heavy atom. The van der Waals surface area contributed by atoms with E-state index in [1.807, 2.05) is 7.05 Å². The van der Waals surface area contributed by atoms with Gasteiger partial charge in [-0.15, -0.1) is 24.0 Å². The smallest absolute Gasteiger partial charge is 0.217 e. The van der Waals surface area contributed by atoms with E-state index >= 15 is 0 Å². The van der Waals surface area contributed by atoms with E-state index in [0.29, 0.717) is 12.3 Å². The maximum Gasteiger partial charge on any atom is 0.217 e. The highest BCUT2D eigenvalue weighted by atomic mass is 127. The van der Waals surface area contributed by atoms with Gasteiger partial charge in [-0.1, -0.05) is 38.1 Å².